The fourth-order valence-corrected chi connectivity index (χ4v) is 2.30. The van der Waals surface area contributed by atoms with Crippen LogP contribution >= 0.6 is 0 Å². The van der Waals surface area contributed by atoms with E-state index in [2.05, 4.69) is 15.8 Å². The van der Waals surface area contributed by atoms with Crippen molar-refractivity contribution in [2.75, 3.05) is 13.1 Å². The van der Waals surface area contributed by atoms with E-state index in [1.165, 1.54) is 18.2 Å². The molecule has 2 unspecified atom stereocenters. The van der Waals surface area contributed by atoms with E-state index >= 15 is 0 Å². The normalized spacial score (nSPS) is 13.6. The molecule has 3 N–H and O–H groups in total. The van der Waals surface area contributed by atoms with Gasteiger partial charge < -0.3 is 15.7 Å². The van der Waals surface area contributed by atoms with Gasteiger partial charge in [-0.05, 0) is 37.1 Å². The molecule has 0 aliphatic heterocycles. The van der Waals surface area contributed by atoms with Gasteiger partial charge in [-0.1, -0.05) is 25.9 Å². The molecule has 0 bridgehead atoms. The number of carbonyl (C=O) groups excluding carboxylic acids is 2. The predicted molar refractivity (Wildman–Crippen MR) is 96.2 cm³/mol. The lowest BCUT2D eigenvalue weighted by Gasteiger charge is -2.27. The monoisotopic (exact) mass is 367 g/mol. The molecule has 26 heavy (non-hydrogen) atoms. The maximum atomic E-state index is 13.5. The molecule has 144 valence electrons. The van der Waals surface area contributed by atoms with Gasteiger partial charge in [0, 0.05) is 23.6 Å². The topological polar surface area (TPSA) is 108 Å². The van der Waals surface area contributed by atoms with E-state index in [9.17, 15) is 24.0 Å². The number of nitrogens with one attached hydrogen (secondary N) is 2. The highest BCUT2D eigenvalue weighted by molar-refractivity contribution is 5.94. The molecule has 1 aromatic carbocycles. The number of nitroso groups, excluding NO2 is 1. The number of hydrogen-bond acceptors (Lipinski definition) is 5. The van der Waals surface area contributed by atoms with E-state index in [1.54, 1.807) is 27.7 Å². The van der Waals surface area contributed by atoms with E-state index < -0.39 is 23.5 Å². The zero-order valence-electron chi connectivity index (χ0n) is 15.5. The lowest BCUT2D eigenvalue weighted by atomic mass is 9.86. The van der Waals surface area contributed by atoms with E-state index in [0.29, 0.717) is 17.5 Å². The summed E-state index contributed by atoms with van der Waals surface area (Å²) in [5.41, 5.74) is -0.199. The van der Waals surface area contributed by atoms with Crippen LogP contribution in [-0.2, 0) is 11.2 Å². The zero-order chi connectivity index (χ0) is 19.9. The summed E-state index contributed by atoms with van der Waals surface area (Å²) >= 11 is 0. The van der Waals surface area contributed by atoms with Gasteiger partial charge >= 0.3 is 0 Å². The SMILES string of the molecule is CCc1cc(C(=O)NC(C)CNC(=O)C(O)C(C)(C)CN=O)ccc1F. The fraction of sp³-hybridized carbons (Fsp3) is 0.556. The summed E-state index contributed by atoms with van der Waals surface area (Å²) in [6, 6.07) is 3.73. The molecule has 2 atom stereocenters. The predicted octanol–water partition coefficient (Wildman–Crippen LogP) is 1.78. The Morgan fingerprint density at radius 1 is 1.35 bits per heavy atom. The third kappa shape index (κ3) is 5.87. The third-order valence-corrected chi connectivity index (χ3v) is 4.11. The zero-order valence-corrected chi connectivity index (χ0v) is 15.5. The maximum Gasteiger partial charge on any atom is 0.251 e. The number of carbonyl (C=O) groups is 2. The van der Waals surface area contributed by atoms with Gasteiger partial charge in [0.1, 0.15) is 11.9 Å². The number of aryl methyl sites for hydroxylation is 1. The molecule has 0 aromatic heterocycles. The number of amides is 2. The Morgan fingerprint density at radius 3 is 2.58 bits per heavy atom. The molecule has 0 aliphatic rings. The molecular weight excluding hydrogens is 341 g/mol. The summed E-state index contributed by atoms with van der Waals surface area (Å²) in [6.45, 7) is 6.50. The van der Waals surface area contributed by atoms with Crippen LogP contribution in [0.25, 0.3) is 0 Å². The van der Waals surface area contributed by atoms with Gasteiger partial charge in [-0.15, -0.1) is 0 Å². The van der Waals surface area contributed by atoms with Crippen LogP contribution in [0.15, 0.2) is 23.4 Å². The molecule has 0 saturated carbocycles. The first kappa shape index (κ1) is 21.7. The first-order valence-corrected chi connectivity index (χ1v) is 8.46. The molecule has 0 radical (unpaired) electrons. The van der Waals surface area contributed by atoms with Crippen molar-refractivity contribution < 1.29 is 19.1 Å². The first-order valence-electron chi connectivity index (χ1n) is 8.46. The standard InChI is InChI=1S/C18H26FN3O4/c1-5-12-8-13(6-7-14(12)19)16(24)22-11(2)9-20-17(25)15(23)18(3,4)10-21-26/h6-8,11,15,23H,5,9-10H2,1-4H3,(H,20,25)(H,22,24). The molecule has 2 amide bonds. The van der Waals surface area contributed by atoms with Crippen LogP contribution < -0.4 is 10.6 Å². The molecular formula is C18H26FN3O4. The summed E-state index contributed by atoms with van der Waals surface area (Å²) < 4.78 is 13.5. The minimum absolute atomic E-state index is 0.0913. The van der Waals surface area contributed by atoms with Crippen LogP contribution in [0.2, 0.25) is 0 Å². The first-order chi connectivity index (χ1) is 12.1. The largest absolute Gasteiger partial charge is 0.383 e. The molecule has 0 saturated heterocycles. The summed E-state index contributed by atoms with van der Waals surface area (Å²) in [5, 5.41) is 18.0. The van der Waals surface area contributed by atoms with E-state index in [1.807, 2.05) is 0 Å². The lowest BCUT2D eigenvalue weighted by Crippen LogP contribution is -2.49. The summed E-state index contributed by atoms with van der Waals surface area (Å²) in [4.78, 5) is 34.6. The Morgan fingerprint density at radius 2 is 2.00 bits per heavy atom. The van der Waals surface area contributed by atoms with Crippen molar-refractivity contribution in [3.63, 3.8) is 0 Å². The van der Waals surface area contributed by atoms with Gasteiger partial charge in [0.2, 0.25) is 5.91 Å². The fourth-order valence-electron chi connectivity index (χ4n) is 2.30. The van der Waals surface area contributed by atoms with E-state index in [4.69, 9.17) is 0 Å². The highest BCUT2D eigenvalue weighted by Gasteiger charge is 2.34. The Kier molecular flexibility index (Phi) is 7.82. The van der Waals surface area contributed by atoms with Crippen LogP contribution in [-0.4, -0.2) is 42.2 Å². The molecule has 0 aliphatic carbocycles. The average molecular weight is 367 g/mol. The third-order valence-electron chi connectivity index (χ3n) is 4.11. The van der Waals surface area contributed by atoms with E-state index in [0.717, 1.165) is 0 Å². The van der Waals surface area contributed by atoms with Crippen molar-refractivity contribution in [3.05, 3.63) is 40.1 Å². The second-order valence-electron chi connectivity index (χ2n) is 6.96. The molecule has 0 fully saturated rings. The maximum absolute atomic E-state index is 13.5. The highest BCUT2D eigenvalue weighted by Crippen LogP contribution is 2.21. The van der Waals surface area contributed by atoms with Crippen molar-refractivity contribution in [2.24, 2.45) is 10.6 Å². The Bertz CT molecular complexity index is 664. The molecule has 8 heteroatoms. The Labute approximate surface area is 152 Å². The van der Waals surface area contributed by atoms with E-state index in [-0.39, 0.29) is 24.8 Å². The van der Waals surface area contributed by atoms with Gasteiger partial charge in [-0.2, -0.15) is 4.91 Å². The van der Waals surface area contributed by atoms with Gasteiger partial charge in [-0.3, -0.25) is 9.59 Å². The summed E-state index contributed by atoms with van der Waals surface area (Å²) in [5.74, 6) is -1.38. The van der Waals surface area contributed by atoms with Crippen molar-refractivity contribution in [2.45, 2.75) is 46.3 Å². The van der Waals surface area contributed by atoms with Crippen molar-refractivity contribution in [3.8, 4) is 0 Å². The number of aliphatic hydroxyl groups excluding tert-OH is 1. The number of aliphatic hydroxyl groups is 1. The van der Waals surface area contributed by atoms with Crippen molar-refractivity contribution in [1.29, 1.82) is 0 Å². The van der Waals surface area contributed by atoms with Gasteiger partial charge in [0.05, 0.1) is 6.54 Å². The smallest absolute Gasteiger partial charge is 0.251 e. The molecule has 7 nitrogen and oxygen atoms in total. The number of rotatable bonds is 9. The quantitative estimate of drug-likeness (QED) is 0.578. The molecule has 0 heterocycles. The molecule has 0 spiro atoms. The Hall–Kier alpha value is -2.35. The van der Waals surface area contributed by atoms with Gasteiger partial charge in [-0.25, -0.2) is 4.39 Å². The number of benzene rings is 1. The van der Waals surface area contributed by atoms with Crippen molar-refractivity contribution in [1.82, 2.24) is 10.6 Å². The van der Waals surface area contributed by atoms with Gasteiger partial charge in [0.15, 0.2) is 0 Å². The number of nitrogens with zero attached hydrogens (tertiary/aromatic N) is 1. The molecule has 1 rings (SSSR count). The van der Waals surface area contributed by atoms with Crippen LogP contribution in [0, 0.1) is 16.1 Å². The summed E-state index contributed by atoms with van der Waals surface area (Å²) in [7, 11) is 0. The second kappa shape index (κ2) is 9.38. The van der Waals surface area contributed by atoms with Crippen LogP contribution in [0.3, 0.4) is 0 Å². The van der Waals surface area contributed by atoms with Crippen LogP contribution in [0.5, 0.6) is 0 Å². The minimum atomic E-state index is -1.40. The summed E-state index contributed by atoms with van der Waals surface area (Å²) in [6.07, 6.45) is -0.922. The molecule has 1 aromatic rings. The number of hydrogen-bond donors (Lipinski definition) is 3. The minimum Gasteiger partial charge on any atom is -0.383 e. The highest BCUT2D eigenvalue weighted by atomic mass is 19.1. The lowest BCUT2D eigenvalue weighted by molar-refractivity contribution is -0.134. The van der Waals surface area contributed by atoms with Gasteiger partial charge in [0.25, 0.3) is 5.91 Å². The number of halogens is 1. The Balaban J connectivity index is 2.58. The van der Waals surface area contributed by atoms with Crippen LogP contribution in [0.1, 0.15) is 43.6 Å². The average Bonchev–Trinajstić information content (AvgIpc) is 2.59. The second-order valence-corrected chi connectivity index (χ2v) is 6.96. The van der Waals surface area contributed by atoms with Crippen molar-refractivity contribution >= 4 is 11.8 Å². The van der Waals surface area contributed by atoms with Crippen LogP contribution in [0.4, 0.5) is 4.39 Å².